The van der Waals surface area contributed by atoms with Crippen molar-refractivity contribution in [2.45, 2.75) is 45.2 Å². The Labute approximate surface area is 96.0 Å². The highest BCUT2D eigenvalue weighted by Crippen LogP contribution is 2.00. The monoisotopic (exact) mass is 230 g/mol. The lowest BCUT2D eigenvalue weighted by Crippen LogP contribution is -2.24. The van der Waals surface area contributed by atoms with Crippen LogP contribution in [0.3, 0.4) is 0 Å². The maximum atomic E-state index is 6.00. The third-order valence-corrected chi connectivity index (χ3v) is 2.69. The quantitative estimate of drug-likeness (QED) is 0.727. The van der Waals surface area contributed by atoms with Crippen molar-refractivity contribution in [2.75, 3.05) is 6.54 Å². The Morgan fingerprint density at radius 3 is 3.00 bits per heavy atom. The lowest BCUT2D eigenvalue weighted by atomic mass is 10.3. The van der Waals surface area contributed by atoms with Crippen LogP contribution in [0.1, 0.15) is 32.5 Å². The summed E-state index contributed by atoms with van der Waals surface area (Å²) in [7, 11) is 0. The number of hydrogen-bond acceptors (Lipinski definition) is 3. The van der Waals surface area contributed by atoms with E-state index in [4.69, 9.17) is 11.6 Å². The van der Waals surface area contributed by atoms with Gasteiger partial charge in [0.25, 0.3) is 0 Å². The molecule has 4 nitrogen and oxygen atoms in total. The van der Waals surface area contributed by atoms with Crippen LogP contribution in [0.5, 0.6) is 0 Å². The van der Waals surface area contributed by atoms with Crippen LogP contribution >= 0.6 is 11.6 Å². The largest absolute Gasteiger partial charge is 0.308 e. The first-order valence-corrected chi connectivity index (χ1v) is 5.93. The number of hydrogen-bond donors (Lipinski definition) is 1. The second kappa shape index (κ2) is 6.80. The molecule has 0 aliphatic heterocycles. The Hall–Kier alpha value is -0.610. The molecule has 1 aromatic heterocycles. The molecular weight excluding hydrogens is 212 g/mol. The molecule has 1 rings (SSSR count). The van der Waals surface area contributed by atoms with Crippen molar-refractivity contribution in [1.29, 1.82) is 0 Å². The minimum absolute atomic E-state index is 0.201. The fourth-order valence-corrected chi connectivity index (χ4v) is 1.42. The van der Waals surface area contributed by atoms with Gasteiger partial charge in [-0.05, 0) is 12.8 Å². The minimum atomic E-state index is 0.201. The van der Waals surface area contributed by atoms with Gasteiger partial charge in [0, 0.05) is 18.5 Å². The molecule has 0 fully saturated rings. The van der Waals surface area contributed by atoms with E-state index in [2.05, 4.69) is 29.2 Å². The van der Waals surface area contributed by atoms with Crippen molar-refractivity contribution in [3.8, 4) is 0 Å². The first-order valence-electron chi connectivity index (χ1n) is 5.49. The Morgan fingerprint density at radius 2 is 2.33 bits per heavy atom. The lowest BCUT2D eigenvalue weighted by molar-refractivity contribution is 0.538. The van der Waals surface area contributed by atoms with Crippen LogP contribution in [-0.2, 0) is 13.1 Å². The zero-order valence-corrected chi connectivity index (χ0v) is 10.2. The highest BCUT2D eigenvalue weighted by molar-refractivity contribution is 6.20. The van der Waals surface area contributed by atoms with E-state index in [1.807, 2.05) is 4.68 Å². The van der Waals surface area contributed by atoms with E-state index in [-0.39, 0.29) is 5.38 Å². The number of aromatic nitrogens is 3. The molecule has 0 aliphatic rings. The van der Waals surface area contributed by atoms with Gasteiger partial charge in [0.05, 0.1) is 6.54 Å². The van der Waals surface area contributed by atoms with E-state index in [1.54, 1.807) is 6.33 Å². The van der Waals surface area contributed by atoms with Crippen molar-refractivity contribution >= 4 is 11.6 Å². The molecule has 15 heavy (non-hydrogen) atoms. The summed E-state index contributed by atoms with van der Waals surface area (Å²) in [4.78, 5) is 4.20. The summed E-state index contributed by atoms with van der Waals surface area (Å²) in [6.45, 7) is 6.69. The summed E-state index contributed by atoms with van der Waals surface area (Å²) in [5, 5.41) is 7.64. The van der Waals surface area contributed by atoms with Crippen molar-refractivity contribution in [3.05, 3.63) is 12.2 Å². The molecule has 0 saturated carbocycles. The van der Waals surface area contributed by atoms with Gasteiger partial charge in [0.15, 0.2) is 0 Å². The average molecular weight is 231 g/mol. The summed E-state index contributed by atoms with van der Waals surface area (Å²) >= 11 is 6.00. The second-order valence-corrected chi connectivity index (χ2v) is 4.15. The summed E-state index contributed by atoms with van der Waals surface area (Å²) < 4.78 is 1.93. The van der Waals surface area contributed by atoms with Crippen molar-refractivity contribution < 1.29 is 0 Å². The van der Waals surface area contributed by atoms with Crippen LogP contribution in [0.2, 0.25) is 0 Å². The van der Waals surface area contributed by atoms with E-state index in [0.717, 1.165) is 38.3 Å². The summed E-state index contributed by atoms with van der Waals surface area (Å²) in [5.41, 5.74) is 0. The molecule has 0 aliphatic carbocycles. The first-order chi connectivity index (χ1) is 7.27. The number of aryl methyl sites for hydroxylation is 1. The normalized spacial score (nSPS) is 13.0. The molecule has 0 spiro atoms. The SMILES string of the molecule is CCCn1ncnc1CNCC(Cl)CC. The van der Waals surface area contributed by atoms with E-state index in [9.17, 15) is 0 Å². The minimum Gasteiger partial charge on any atom is -0.308 e. The van der Waals surface area contributed by atoms with E-state index < -0.39 is 0 Å². The summed E-state index contributed by atoms with van der Waals surface area (Å²) in [6.07, 6.45) is 3.66. The van der Waals surface area contributed by atoms with Crippen molar-refractivity contribution in [3.63, 3.8) is 0 Å². The van der Waals surface area contributed by atoms with Crippen molar-refractivity contribution in [2.24, 2.45) is 0 Å². The molecule has 1 heterocycles. The van der Waals surface area contributed by atoms with Crippen LogP contribution < -0.4 is 5.32 Å². The average Bonchev–Trinajstić information content (AvgIpc) is 2.66. The summed E-state index contributed by atoms with van der Waals surface area (Å²) in [5.74, 6) is 0.983. The van der Waals surface area contributed by atoms with Gasteiger partial charge in [0.2, 0.25) is 0 Å². The Morgan fingerprint density at radius 1 is 1.53 bits per heavy atom. The van der Waals surface area contributed by atoms with Gasteiger partial charge in [0.1, 0.15) is 12.2 Å². The lowest BCUT2D eigenvalue weighted by Gasteiger charge is -2.08. The second-order valence-electron chi connectivity index (χ2n) is 3.54. The van der Waals surface area contributed by atoms with Gasteiger partial charge >= 0.3 is 0 Å². The highest BCUT2D eigenvalue weighted by Gasteiger charge is 2.04. The molecular formula is C10H19ClN4. The van der Waals surface area contributed by atoms with Gasteiger partial charge < -0.3 is 5.32 Å². The van der Waals surface area contributed by atoms with Gasteiger partial charge in [-0.2, -0.15) is 5.10 Å². The topological polar surface area (TPSA) is 42.7 Å². The van der Waals surface area contributed by atoms with Crippen LogP contribution in [0.15, 0.2) is 6.33 Å². The predicted molar refractivity (Wildman–Crippen MR) is 62.0 cm³/mol. The van der Waals surface area contributed by atoms with E-state index >= 15 is 0 Å². The number of halogens is 1. The molecule has 1 atom stereocenters. The van der Waals surface area contributed by atoms with Gasteiger partial charge in [-0.15, -0.1) is 11.6 Å². The molecule has 1 unspecified atom stereocenters. The smallest absolute Gasteiger partial charge is 0.140 e. The molecule has 0 radical (unpaired) electrons. The number of nitrogens with zero attached hydrogens (tertiary/aromatic N) is 3. The molecule has 1 N–H and O–H groups in total. The van der Waals surface area contributed by atoms with Crippen LogP contribution in [-0.4, -0.2) is 26.7 Å². The number of nitrogens with one attached hydrogen (secondary N) is 1. The highest BCUT2D eigenvalue weighted by atomic mass is 35.5. The maximum absolute atomic E-state index is 6.00. The van der Waals surface area contributed by atoms with Gasteiger partial charge in [-0.25, -0.2) is 9.67 Å². The third-order valence-electron chi connectivity index (χ3n) is 2.22. The Bertz CT molecular complexity index is 274. The molecule has 0 amide bonds. The fraction of sp³-hybridized carbons (Fsp3) is 0.800. The van der Waals surface area contributed by atoms with Crippen LogP contribution in [0.4, 0.5) is 0 Å². The molecule has 1 aromatic rings. The Balaban J connectivity index is 2.33. The molecule has 0 aromatic carbocycles. The van der Waals surface area contributed by atoms with Crippen molar-refractivity contribution in [1.82, 2.24) is 20.1 Å². The molecule has 86 valence electrons. The van der Waals surface area contributed by atoms with Crippen LogP contribution in [0, 0.1) is 0 Å². The fourth-order valence-electron chi connectivity index (χ4n) is 1.31. The van der Waals surface area contributed by atoms with Gasteiger partial charge in [-0.3, -0.25) is 0 Å². The van der Waals surface area contributed by atoms with E-state index in [1.165, 1.54) is 0 Å². The maximum Gasteiger partial charge on any atom is 0.140 e. The predicted octanol–water partition coefficient (Wildman–Crippen LogP) is 1.80. The van der Waals surface area contributed by atoms with E-state index in [0.29, 0.717) is 0 Å². The van der Waals surface area contributed by atoms with Crippen LogP contribution in [0.25, 0.3) is 0 Å². The van der Waals surface area contributed by atoms with Gasteiger partial charge in [-0.1, -0.05) is 13.8 Å². The standard InChI is InChI=1S/C10H19ClN4/c1-3-5-15-10(13-8-14-15)7-12-6-9(11)4-2/h8-9,12H,3-7H2,1-2H3. The summed E-state index contributed by atoms with van der Waals surface area (Å²) in [6, 6.07) is 0. The molecule has 5 heteroatoms. The molecule has 0 bridgehead atoms. The number of alkyl halides is 1. The first kappa shape index (κ1) is 12.5. The number of rotatable bonds is 7. The zero-order valence-electron chi connectivity index (χ0n) is 9.41. The Kier molecular flexibility index (Phi) is 5.65. The molecule has 0 saturated heterocycles. The third kappa shape index (κ3) is 4.18. The zero-order chi connectivity index (χ0) is 11.1.